The van der Waals surface area contributed by atoms with Gasteiger partial charge in [-0.1, -0.05) is 27.1 Å². The number of nitrogens with zero attached hydrogens (tertiary/aromatic N) is 1. The van der Waals surface area contributed by atoms with E-state index in [4.69, 9.17) is 56.7 Å². The molecule has 0 aromatic carbocycles. The van der Waals surface area contributed by atoms with Crippen molar-refractivity contribution in [1.82, 2.24) is 3.94 Å². The van der Waals surface area contributed by atoms with E-state index in [1.54, 1.807) is 0 Å². The smallest absolute Gasteiger partial charge is 0.358 e. The lowest BCUT2D eigenvalue weighted by molar-refractivity contribution is -0.139. The highest BCUT2D eigenvalue weighted by Crippen LogP contribution is 2.29. The molecule has 6 nitrogen and oxygen atoms in total. The molecule has 0 rings (SSSR count). The number of urea groups is 1. The molecule has 13 heavy (non-hydrogen) atoms. The van der Waals surface area contributed by atoms with Crippen molar-refractivity contribution in [2.45, 2.75) is 4.46 Å². The van der Waals surface area contributed by atoms with Crippen LogP contribution in [-0.4, -0.2) is 25.5 Å². The molecule has 2 amide bonds. The van der Waals surface area contributed by atoms with E-state index in [0.29, 0.717) is 0 Å². The summed E-state index contributed by atoms with van der Waals surface area (Å²) in [5.41, 5.74) is 8.50. The number of rotatable bonds is 2. The molecule has 0 radical (unpaired) electrons. The molecule has 78 valence electrons. The number of carboxylic acids is 1. The Morgan fingerprint density at radius 2 is 1.46 bits per heavy atom. The second-order valence-corrected chi connectivity index (χ2v) is 3.62. The van der Waals surface area contributed by atoms with Gasteiger partial charge in [0.2, 0.25) is 0 Å². The predicted octanol–water partition coefficient (Wildman–Crippen LogP) is 0.836. The van der Waals surface area contributed by atoms with Gasteiger partial charge in [0.25, 0.3) is 4.46 Å². The van der Waals surface area contributed by atoms with Gasteiger partial charge < -0.3 is 16.6 Å². The molecule has 10 heteroatoms. The summed E-state index contributed by atoms with van der Waals surface area (Å²) in [5.74, 6) is -1.53. The Hall–Kier alpha value is -0.140. The highest BCUT2D eigenvalue weighted by Gasteiger charge is 2.39. The molecule has 0 saturated carbocycles. The Bertz CT molecular complexity index is 192. The lowest BCUT2D eigenvalue weighted by Gasteiger charge is -2.15. The number of alkyl halides is 2. The number of aliphatic carboxylic acids is 1. The Labute approximate surface area is 93.5 Å². The van der Waals surface area contributed by atoms with Crippen LogP contribution in [0.2, 0.25) is 0 Å². The minimum Gasteiger partial charge on any atom is -0.478 e. The van der Waals surface area contributed by atoms with Gasteiger partial charge in [-0.15, -0.1) is 0 Å². The number of halogens is 4. The van der Waals surface area contributed by atoms with Gasteiger partial charge in [-0.25, -0.2) is 9.59 Å². The maximum absolute atomic E-state index is 9.99. The minimum atomic E-state index is -2.27. The molecule has 5 N–H and O–H groups in total. The fourth-order valence-electron chi connectivity index (χ4n) is 0.0723. The molecule has 0 aliphatic carbocycles. The lowest BCUT2D eigenvalue weighted by atomic mass is 10.7. The number of hydrogen-bond donors (Lipinski definition) is 3. The third-order valence-electron chi connectivity index (χ3n) is 0.470. The Kier molecular flexibility index (Phi) is 7.47. The summed E-state index contributed by atoms with van der Waals surface area (Å²) in [5, 5.41) is 8.14. The maximum Gasteiger partial charge on any atom is 0.358 e. The Morgan fingerprint density at radius 3 is 1.46 bits per heavy atom. The Balaban J connectivity index is 0. The summed E-state index contributed by atoms with van der Waals surface area (Å²) in [6.45, 7) is 0. The molecule has 0 spiro atoms. The van der Waals surface area contributed by atoms with Crippen molar-refractivity contribution < 1.29 is 14.7 Å². The summed E-state index contributed by atoms with van der Waals surface area (Å²) < 4.78 is -2.14. The van der Waals surface area contributed by atoms with Crippen LogP contribution < -0.4 is 11.5 Å². The number of carboxylic acid groups (broad SMARTS) is 1. The van der Waals surface area contributed by atoms with Crippen molar-refractivity contribution in [1.29, 1.82) is 0 Å². The van der Waals surface area contributed by atoms with Crippen LogP contribution in [0.25, 0.3) is 0 Å². The molecule has 0 aromatic rings. The van der Waals surface area contributed by atoms with E-state index in [2.05, 4.69) is 11.5 Å². The summed E-state index contributed by atoms with van der Waals surface area (Å²) >= 11 is 19.9. The van der Waals surface area contributed by atoms with E-state index < -0.39 is 16.5 Å². The number of hydrogen-bond acceptors (Lipinski definition) is 3. The summed E-state index contributed by atoms with van der Waals surface area (Å²) in [4.78, 5) is 19.0. The van der Waals surface area contributed by atoms with Gasteiger partial charge >= 0.3 is 12.0 Å². The molecule has 0 bridgehead atoms. The molecule has 0 aliphatic rings. The zero-order valence-corrected chi connectivity index (χ0v) is 8.90. The summed E-state index contributed by atoms with van der Waals surface area (Å²) in [6.07, 6.45) is 0. The topological polar surface area (TPSA) is 110 Å². The number of primary amides is 2. The lowest BCUT2D eigenvalue weighted by Crippen LogP contribution is -2.34. The van der Waals surface area contributed by atoms with Gasteiger partial charge in [-0.3, -0.25) is 0 Å². The van der Waals surface area contributed by atoms with Crippen LogP contribution in [0.15, 0.2) is 0 Å². The highest BCUT2D eigenvalue weighted by atomic mass is 35.6. The zero-order valence-electron chi connectivity index (χ0n) is 5.88. The van der Waals surface area contributed by atoms with Gasteiger partial charge in [0.15, 0.2) is 0 Å². The summed E-state index contributed by atoms with van der Waals surface area (Å²) in [7, 11) is 0. The Morgan fingerprint density at radius 1 is 1.23 bits per heavy atom. The maximum atomic E-state index is 9.99. The first-order valence-electron chi connectivity index (χ1n) is 2.40. The predicted molar refractivity (Wildman–Crippen MR) is 49.4 cm³/mol. The van der Waals surface area contributed by atoms with Crippen LogP contribution in [0.1, 0.15) is 0 Å². The van der Waals surface area contributed by atoms with Crippen LogP contribution >= 0.6 is 46.8 Å². The second-order valence-electron chi connectivity index (χ2n) is 1.48. The summed E-state index contributed by atoms with van der Waals surface area (Å²) in [6, 6.07) is -0.833. The number of carbonyl (C=O) groups excluding carboxylic acids is 1. The first kappa shape index (κ1) is 15.3. The molecular formula is C3H5Cl4N3O3. The van der Waals surface area contributed by atoms with Crippen LogP contribution in [0.5, 0.6) is 0 Å². The molecule has 0 fully saturated rings. The van der Waals surface area contributed by atoms with Crippen LogP contribution in [-0.2, 0) is 4.79 Å². The quantitative estimate of drug-likeness (QED) is 0.393. The van der Waals surface area contributed by atoms with Crippen LogP contribution in [0, 0.1) is 0 Å². The second kappa shape index (κ2) is 6.33. The SMILES string of the molecule is NC(N)=O.O=C(O)C(Cl)(Cl)N(Cl)Cl. The average molecular weight is 273 g/mol. The minimum absolute atomic E-state index is 0.137. The molecule has 0 atom stereocenters. The van der Waals surface area contributed by atoms with Crippen molar-refractivity contribution in [3.63, 3.8) is 0 Å². The van der Waals surface area contributed by atoms with E-state index in [1.165, 1.54) is 0 Å². The van der Waals surface area contributed by atoms with Crippen LogP contribution in [0.3, 0.4) is 0 Å². The van der Waals surface area contributed by atoms with E-state index in [9.17, 15) is 4.79 Å². The number of carbonyl (C=O) groups is 2. The third-order valence-corrected chi connectivity index (χ3v) is 1.98. The van der Waals surface area contributed by atoms with Gasteiger partial charge in [0.1, 0.15) is 0 Å². The van der Waals surface area contributed by atoms with Crippen molar-refractivity contribution in [3.8, 4) is 0 Å². The fourth-order valence-corrected chi connectivity index (χ4v) is 0.217. The van der Waals surface area contributed by atoms with Gasteiger partial charge in [-0.05, 0) is 23.6 Å². The fraction of sp³-hybridized carbons (Fsp3) is 0.333. The van der Waals surface area contributed by atoms with E-state index >= 15 is 0 Å². The first-order valence-corrected chi connectivity index (χ1v) is 3.83. The van der Waals surface area contributed by atoms with Crippen molar-refractivity contribution in [3.05, 3.63) is 0 Å². The van der Waals surface area contributed by atoms with Crippen molar-refractivity contribution >= 4 is 58.8 Å². The number of nitrogens with two attached hydrogens (primary N) is 2. The van der Waals surface area contributed by atoms with Gasteiger partial charge in [0.05, 0.1) is 0 Å². The van der Waals surface area contributed by atoms with E-state index in [-0.39, 0.29) is 3.94 Å². The molecule has 0 aromatic heterocycles. The molecule has 0 heterocycles. The van der Waals surface area contributed by atoms with Gasteiger partial charge in [0, 0.05) is 0 Å². The van der Waals surface area contributed by atoms with Crippen LogP contribution in [0.4, 0.5) is 4.79 Å². The highest BCUT2D eigenvalue weighted by molar-refractivity contribution is 6.61. The molecular weight excluding hydrogens is 268 g/mol. The average Bonchev–Trinajstić information content (AvgIpc) is 1.85. The standard InChI is InChI=1S/C2HCl4NO2.CH4N2O/c3-2(4,1(8)9)7(5)6;2-1(3)4/h(H,8,9);(H4,2,3,4). The van der Waals surface area contributed by atoms with Crippen molar-refractivity contribution in [2.24, 2.45) is 11.5 Å². The number of amides is 2. The van der Waals surface area contributed by atoms with Gasteiger partial charge in [-0.2, -0.15) is 0 Å². The largest absolute Gasteiger partial charge is 0.478 e. The molecule has 0 saturated heterocycles. The third kappa shape index (κ3) is 8.20. The molecule has 0 unspecified atom stereocenters. The first-order chi connectivity index (χ1) is 5.62. The zero-order chi connectivity index (χ0) is 11.2. The van der Waals surface area contributed by atoms with Crippen molar-refractivity contribution in [2.75, 3.05) is 0 Å². The molecule has 0 aliphatic heterocycles. The monoisotopic (exact) mass is 271 g/mol. The normalized spacial score (nSPS) is 10.2. The van der Waals surface area contributed by atoms with E-state index in [1.807, 2.05) is 0 Å². The van der Waals surface area contributed by atoms with E-state index in [0.717, 1.165) is 0 Å².